The third kappa shape index (κ3) is 6.48. The molecule has 1 amide bonds. The Hall–Kier alpha value is -5.10. The number of aromatic nitrogens is 5. The van der Waals surface area contributed by atoms with E-state index in [1.54, 1.807) is 53.6 Å². The lowest BCUT2D eigenvalue weighted by atomic mass is 10.2. The van der Waals surface area contributed by atoms with E-state index < -0.39 is 6.09 Å². The first kappa shape index (κ1) is 26.5. The van der Waals surface area contributed by atoms with E-state index in [-0.39, 0.29) is 38.7 Å². The molecule has 3 aromatic heterocycles. The smallest absolute Gasteiger partial charge is 0.404 e. The van der Waals surface area contributed by atoms with Crippen LogP contribution in [0.25, 0.3) is 22.4 Å². The first-order valence-corrected chi connectivity index (χ1v) is 12.5. The number of para-hydroxylation sites is 1. The Bertz CT molecular complexity index is 1600. The molecule has 12 heteroatoms. The van der Waals surface area contributed by atoms with E-state index in [0.29, 0.717) is 28.6 Å². The summed E-state index contributed by atoms with van der Waals surface area (Å²) in [5.41, 5.74) is 2.64. The summed E-state index contributed by atoms with van der Waals surface area (Å²) in [7, 11) is 0. The molecule has 0 aliphatic heterocycles. The van der Waals surface area contributed by atoms with E-state index >= 15 is 0 Å². The quantitative estimate of drug-likeness (QED) is 0.195. The summed E-state index contributed by atoms with van der Waals surface area (Å²) in [6.45, 7) is 1.08. The van der Waals surface area contributed by atoms with E-state index in [1.807, 2.05) is 24.3 Å². The molecule has 0 bridgehead atoms. The lowest BCUT2D eigenvalue weighted by molar-refractivity contribution is 0.101. The fraction of sp³-hybridized carbons (Fsp3) is 0.179. The Labute approximate surface area is 228 Å². The zero-order valence-corrected chi connectivity index (χ0v) is 21.3. The van der Waals surface area contributed by atoms with Gasteiger partial charge in [0, 0.05) is 35.6 Å². The number of nitrogens with zero attached hydrogens (tertiary/aromatic N) is 5. The van der Waals surface area contributed by atoms with Crippen molar-refractivity contribution in [2.45, 2.75) is 6.54 Å². The second kappa shape index (κ2) is 12.6. The molecule has 0 saturated carbocycles. The van der Waals surface area contributed by atoms with Crippen molar-refractivity contribution >= 4 is 28.5 Å². The van der Waals surface area contributed by atoms with Crippen LogP contribution in [0.15, 0.2) is 79.3 Å². The molecular formula is C28H26FN7O4. The molecule has 0 unspecified atom stereocenters. The summed E-state index contributed by atoms with van der Waals surface area (Å²) < 4.78 is 27.4. The van der Waals surface area contributed by atoms with Gasteiger partial charge >= 0.3 is 6.09 Å². The standard InChI is InChI=1S/C28H26FN7O4/c29-22-7-3-1-5-19(22)18-36-23-8-4-2-6-21(23)25(35-36)27-32-17-24(40-16-15-39-14-13-31-28(37)38)26(34-27)33-20-9-11-30-12-10-20/h1-12,17,31H,13-16,18H2,(H,37,38)(H,30,32,33,34). The van der Waals surface area contributed by atoms with Gasteiger partial charge in [0.1, 0.15) is 18.1 Å². The number of carbonyl (C=O) groups is 1. The van der Waals surface area contributed by atoms with Gasteiger partial charge in [-0.3, -0.25) is 9.67 Å². The van der Waals surface area contributed by atoms with Crippen molar-refractivity contribution in [2.24, 2.45) is 0 Å². The van der Waals surface area contributed by atoms with Crippen molar-refractivity contribution in [1.29, 1.82) is 0 Å². The van der Waals surface area contributed by atoms with Crippen molar-refractivity contribution in [2.75, 3.05) is 31.7 Å². The Balaban J connectivity index is 1.41. The van der Waals surface area contributed by atoms with E-state index in [0.717, 1.165) is 16.6 Å². The van der Waals surface area contributed by atoms with Gasteiger partial charge in [-0.25, -0.2) is 19.2 Å². The summed E-state index contributed by atoms with van der Waals surface area (Å²) in [5.74, 6) is 0.870. The molecule has 204 valence electrons. The molecule has 5 rings (SSSR count). The van der Waals surface area contributed by atoms with Crippen molar-refractivity contribution in [3.05, 3.63) is 90.6 Å². The lowest BCUT2D eigenvalue weighted by Gasteiger charge is -2.13. The van der Waals surface area contributed by atoms with Gasteiger partial charge in [0.2, 0.25) is 0 Å². The van der Waals surface area contributed by atoms with E-state index in [2.05, 4.69) is 20.6 Å². The molecule has 0 atom stereocenters. The monoisotopic (exact) mass is 543 g/mol. The number of carboxylic acid groups (broad SMARTS) is 1. The van der Waals surface area contributed by atoms with Gasteiger partial charge in [-0.2, -0.15) is 5.10 Å². The van der Waals surface area contributed by atoms with E-state index in [9.17, 15) is 9.18 Å². The van der Waals surface area contributed by atoms with Crippen LogP contribution in [0.2, 0.25) is 0 Å². The molecule has 3 heterocycles. The number of benzene rings is 2. The molecule has 0 aliphatic rings. The highest BCUT2D eigenvalue weighted by Crippen LogP contribution is 2.31. The number of fused-ring (bicyclic) bond motifs is 1. The van der Waals surface area contributed by atoms with Gasteiger partial charge in [0.05, 0.1) is 31.5 Å². The summed E-state index contributed by atoms with van der Waals surface area (Å²) in [5, 5.41) is 19.7. The van der Waals surface area contributed by atoms with Gasteiger partial charge in [0.15, 0.2) is 17.4 Å². The van der Waals surface area contributed by atoms with Crippen LogP contribution < -0.4 is 15.4 Å². The summed E-state index contributed by atoms with van der Waals surface area (Å²) in [6, 6.07) is 17.9. The molecule has 0 saturated heterocycles. The van der Waals surface area contributed by atoms with Crippen molar-refractivity contribution in [3.8, 4) is 17.3 Å². The van der Waals surface area contributed by atoms with Crippen molar-refractivity contribution in [1.82, 2.24) is 30.0 Å². The lowest BCUT2D eigenvalue weighted by Crippen LogP contribution is -2.25. The number of hydrogen-bond donors (Lipinski definition) is 3. The van der Waals surface area contributed by atoms with Gasteiger partial charge in [-0.15, -0.1) is 0 Å². The number of ether oxygens (including phenoxy) is 2. The van der Waals surface area contributed by atoms with Crippen molar-refractivity contribution < 1.29 is 23.8 Å². The number of pyridine rings is 1. The molecule has 3 N–H and O–H groups in total. The van der Waals surface area contributed by atoms with E-state index in [1.165, 1.54) is 6.07 Å². The molecule has 11 nitrogen and oxygen atoms in total. The number of anilines is 2. The van der Waals surface area contributed by atoms with Gasteiger partial charge in [-0.05, 0) is 24.3 Å². The van der Waals surface area contributed by atoms with Crippen LogP contribution in [0.4, 0.5) is 20.7 Å². The Kier molecular flexibility index (Phi) is 8.37. The van der Waals surface area contributed by atoms with Gasteiger partial charge in [0.25, 0.3) is 0 Å². The average Bonchev–Trinajstić information content (AvgIpc) is 3.33. The first-order chi connectivity index (χ1) is 19.6. The molecular weight excluding hydrogens is 517 g/mol. The van der Waals surface area contributed by atoms with Gasteiger partial charge in [-0.1, -0.05) is 36.4 Å². The second-order valence-electron chi connectivity index (χ2n) is 8.57. The minimum Gasteiger partial charge on any atom is -0.486 e. The molecule has 2 aromatic carbocycles. The molecule has 5 aromatic rings. The minimum absolute atomic E-state index is 0.180. The second-order valence-corrected chi connectivity index (χ2v) is 8.57. The SMILES string of the molecule is O=C(O)NCCOCCOc1cnc(-c2nn(Cc3ccccc3F)c3ccccc23)nc1Nc1ccncc1. The van der Waals surface area contributed by atoms with Gasteiger partial charge < -0.3 is 25.2 Å². The Morgan fingerprint density at radius 2 is 1.80 bits per heavy atom. The molecule has 40 heavy (non-hydrogen) atoms. The van der Waals surface area contributed by atoms with Crippen LogP contribution in [-0.4, -0.2) is 62.3 Å². The van der Waals surface area contributed by atoms with Crippen molar-refractivity contribution in [3.63, 3.8) is 0 Å². The third-order valence-electron chi connectivity index (χ3n) is 5.85. The maximum atomic E-state index is 14.4. The molecule has 0 aliphatic carbocycles. The maximum Gasteiger partial charge on any atom is 0.404 e. The van der Waals surface area contributed by atoms with E-state index in [4.69, 9.17) is 24.7 Å². The number of hydrogen-bond acceptors (Lipinski definition) is 8. The maximum absolute atomic E-state index is 14.4. The summed E-state index contributed by atoms with van der Waals surface area (Å²) >= 11 is 0. The normalized spacial score (nSPS) is 10.9. The molecule has 0 radical (unpaired) electrons. The number of amides is 1. The summed E-state index contributed by atoms with van der Waals surface area (Å²) in [6.07, 6.45) is 3.76. The predicted octanol–water partition coefficient (Wildman–Crippen LogP) is 4.48. The number of nitrogens with one attached hydrogen (secondary N) is 2. The average molecular weight is 544 g/mol. The number of rotatable bonds is 12. The summed E-state index contributed by atoms with van der Waals surface area (Å²) in [4.78, 5) is 23.8. The largest absolute Gasteiger partial charge is 0.486 e. The van der Waals surface area contributed by atoms with Crippen LogP contribution in [0.3, 0.4) is 0 Å². The molecule has 0 spiro atoms. The van der Waals surface area contributed by atoms with Crippen LogP contribution in [0, 0.1) is 5.82 Å². The molecule has 0 fully saturated rings. The van der Waals surface area contributed by atoms with Crippen LogP contribution in [0.1, 0.15) is 5.56 Å². The van der Waals surface area contributed by atoms with Crippen LogP contribution >= 0.6 is 0 Å². The highest BCUT2D eigenvalue weighted by Gasteiger charge is 2.18. The topological polar surface area (TPSA) is 136 Å². The Morgan fingerprint density at radius 3 is 2.62 bits per heavy atom. The first-order valence-electron chi connectivity index (χ1n) is 12.5. The highest BCUT2D eigenvalue weighted by atomic mass is 19.1. The highest BCUT2D eigenvalue weighted by molar-refractivity contribution is 5.92. The third-order valence-corrected chi connectivity index (χ3v) is 5.85. The Morgan fingerprint density at radius 1 is 1.00 bits per heavy atom. The zero-order chi connectivity index (χ0) is 27.7. The number of halogens is 1. The van der Waals surface area contributed by atoms with Crippen LogP contribution in [0.5, 0.6) is 5.75 Å². The predicted molar refractivity (Wildman–Crippen MR) is 146 cm³/mol. The fourth-order valence-corrected chi connectivity index (χ4v) is 4.00. The minimum atomic E-state index is -1.10. The fourth-order valence-electron chi connectivity index (χ4n) is 4.00. The zero-order valence-electron chi connectivity index (χ0n) is 21.3. The van der Waals surface area contributed by atoms with Crippen LogP contribution in [-0.2, 0) is 11.3 Å².